The standard InChI is InChI=1S/C12H28N2O/c1-12(2)6-5-7-13-8-10-15-11-9-14(3)4/h12-13H,5-11H2,1-4H3. The average Bonchev–Trinajstić information content (AvgIpc) is 2.14. The first-order valence-corrected chi connectivity index (χ1v) is 6.06. The number of nitrogens with zero attached hydrogens (tertiary/aromatic N) is 1. The summed E-state index contributed by atoms with van der Waals surface area (Å²) < 4.78 is 5.47. The van der Waals surface area contributed by atoms with E-state index in [0.29, 0.717) is 0 Å². The van der Waals surface area contributed by atoms with Crippen molar-refractivity contribution in [1.82, 2.24) is 10.2 Å². The molecule has 3 nitrogen and oxygen atoms in total. The third-order valence-corrected chi connectivity index (χ3v) is 2.24. The third-order valence-electron chi connectivity index (χ3n) is 2.24. The molecule has 0 aromatic heterocycles. The zero-order chi connectivity index (χ0) is 11.5. The largest absolute Gasteiger partial charge is 0.379 e. The quantitative estimate of drug-likeness (QED) is 0.561. The van der Waals surface area contributed by atoms with Crippen molar-refractivity contribution < 1.29 is 4.74 Å². The van der Waals surface area contributed by atoms with Crippen molar-refractivity contribution in [3.8, 4) is 0 Å². The molecule has 0 saturated heterocycles. The molecule has 0 radical (unpaired) electrons. The second-order valence-electron chi connectivity index (χ2n) is 4.70. The Hall–Kier alpha value is -0.120. The van der Waals surface area contributed by atoms with Crippen LogP contribution in [0.15, 0.2) is 0 Å². The van der Waals surface area contributed by atoms with Crippen molar-refractivity contribution in [3.05, 3.63) is 0 Å². The van der Waals surface area contributed by atoms with E-state index in [4.69, 9.17) is 4.74 Å². The molecule has 92 valence electrons. The zero-order valence-electron chi connectivity index (χ0n) is 10.9. The molecule has 0 heterocycles. The lowest BCUT2D eigenvalue weighted by Crippen LogP contribution is -2.24. The first-order chi connectivity index (χ1) is 7.13. The maximum atomic E-state index is 5.47. The number of rotatable bonds is 10. The Bertz CT molecular complexity index is 113. The van der Waals surface area contributed by atoms with Gasteiger partial charge in [-0.25, -0.2) is 0 Å². The zero-order valence-corrected chi connectivity index (χ0v) is 10.9. The summed E-state index contributed by atoms with van der Waals surface area (Å²) in [5.74, 6) is 0.822. The highest BCUT2D eigenvalue weighted by Crippen LogP contribution is 2.01. The molecule has 0 aliphatic heterocycles. The van der Waals surface area contributed by atoms with Gasteiger partial charge in [0.05, 0.1) is 13.2 Å². The molecule has 3 heteroatoms. The van der Waals surface area contributed by atoms with E-state index in [1.54, 1.807) is 0 Å². The highest BCUT2D eigenvalue weighted by atomic mass is 16.5. The van der Waals surface area contributed by atoms with Gasteiger partial charge in [0.25, 0.3) is 0 Å². The van der Waals surface area contributed by atoms with Gasteiger partial charge in [0.1, 0.15) is 0 Å². The van der Waals surface area contributed by atoms with Gasteiger partial charge in [-0.15, -0.1) is 0 Å². The highest BCUT2D eigenvalue weighted by Gasteiger charge is 1.94. The summed E-state index contributed by atoms with van der Waals surface area (Å²) in [4.78, 5) is 2.13. The summed E-state index contributed by atoms with van der Waals surface area (Å²) in [5.41, 5.74) is 0. The van der Waals surface area contributed by atoms with E-state index in [-0.39, 0.29) is 0 Å². The molecule has 0 bridgehead atoms. The normalized spacial score (nSPS) is 11.6. The summed E-state index contributed by atoms with van der Waals surface area (Å²) >= 11 is 0. The van der Waals surface area contributed by atoms with Crippen LogP contribution in [0.1, 0.15) is 26.7 Å². The minimum absolute atomic E-state index is 0.822. The fraction of sp³-hybridized carbons (Fsp3) is 1.00. The maximum Gasteiger partial charge on any atom is 0.0593 e. The number of nitrogens with one attached hydrogen (secondary N) is 1. The third kappa shape index (κ3) is 13.9. The lowest BCUT2D eigenvalue weighted by molar-refractivity contribution is 0.119. The molecule has 0 unspecified atom stereocenters. The maximum absolute atomic E-state index is 5.47. The van der Waals surface area contributed by atoms with E-state index in [1.807, 2.05) is 0 Å². The van der Waals surface area contributed by atoms with Crippen molar-refractivity contribution in [2.24, 2.45) is 5.92 Å². The van der Waals surface area contributed by atoms with Crippen molar-refractivity contribution in [1.29, 1.82) is 0 Å². The number of ether oxygens (including phenoxy) is 1. The summed E-state index contributed by atoms with van der Waals surface area (Å²) in [5, 5.41) is 3.39. The average molecular weight is 216 g/mol. The Balaban J connectivity index is 2.93. The molecule has 0 rings (SSSR count). The van der Waals surface area contributed by atoms with Crippen molar-refractivity contribution in [3.63, 3.8) is 0 Å². The Morgan fingerprint density at radius 1 is 1.13 bits per heavy atom. The Labute approximate surface area is 95.2 Å². The van der Waals surface area contributed by atoms with Crippen LogP contribution in [-0.2, 0) is 4.74 Å². The summed E-state index contributed by atoms with van der Waals surface area (Å²) in [6.07, 6.45) is 2.59. The van der Waals surface area contributed by atoms with Gasteiger partial charge >= 0.3 is 0 Å². The minimum atomic E-state index is 0.822. The Morgan fingerprint density at radius 3 is 2.47 bits per heavy atom. The summed E-state index contributed by atoms with van der Waals surface area (Å²) in [6.45, 7) is 9.30. The first kappa shape index (κ1) is 14.9. The molecule has 0 amide bonds. The van der Waals surface area contributed by atoms with Crippen LogP contribution in [0.2, 0.25) is 0 Å². The van der Waals surface area contributed by atoms with E-state index < -0.39 is 0 Å². The lowest BCUT2D eigenvalue weighted by atomic mass is 10.1. The van der Waals surface area contributed by atoms with Crippen LogP contribution in [-0.4, -0.2) is 51.8 Å². The summed E-state index contributed by atoms with van der Waals surface area (Å²) in [6, 6.07) is 0. The molecule has 0 spiro atoms. The van der Waals surface area contributed by atoms with Crippen LogP contribution in [0.25, 0.3) is 0 Å². The Kier molecular flexibility index (Phi) is 10.3. The number of hydrogen-bond donors (Lipinski definition) is 1. The van der Waals surface area contributed by atoms with Crippen molar-refractivity contribution in [2.75, 3.05) is 46.9 Å². The number of likely N-dealkylation sites (N-methyl/N-ethyl adjacent to an activating group) is 1. The topological polar surface area (TPSA) is 24.5 Å². The van der Waals surface area contributed by atoms with E-state index >= 15 is 0 Å². The predicted octanol–water partition coefficient (Wildman–Crippen LogP) is 1.59. The fourth-order valence-electron chi connectivity index (χ4n) is 1.25. The second-order valence-corrected chi connectivity index (χ2v) is 4.70. The van der Waals surface area contributed by atoms with Crippen molar-refractivity contribution >= 4 is 0 Å². The van der Waals surface area contributed by atoms with Gasteiger partial charge < -0.3 is 15.0 Å². The van der Waals surface area contributed by atoms with Crippen LogP contribution in [0, 0.1) is 5.92 Å². The smallest absolute Gasteiger partial charge is 0.0593 e. The molecule has 1 N–H and O–H groups in total. The monoisotopic (exact) mass is 216 g/mol. The van der Waals surface area contributed by atoms with E-state index in [2.05, 4.69) is 38.2 Å². The molecule has 0 aliphatic rings. The van der Waals surface area contributed by atoms with Crippen LogP contribution < -0.4 is 5.32 Å². The number of hydrogen-bond acceptors (Lipinski definition) is 3. The van der Waals surface area contributed by atoms with Crippen LogP contribution in [0.4, 0.5) is 0 Å². The molecule has 15 heavy (non-hydrogen) atoms. The van der Waals surface area contributed by atoms with Gasteiger partial charge in [-0.05, 0) is 39.4 Å². The van der Waals surface area contributed by atoms with E-state index in [9.17, 15) is 0 Å². The van der Waals surface area contributed by atoms with E-state index in [1.165, 1.54) is 12.8 Å². The lowest BCUT2D eigenvalue weighted by Gasteiger charge is -2.10. The molecule has 0 aromatic carbocycles. The molecule has 0 aliphatic carbocycles. The van der Waals surface area contributed by atoms with Gasteiger partial charge in [-0.2, -0.15) is 0 Å². The van der Waals surface area contributed by atoms with Crippen LogP contribution in [0.3, 0.4) is 0 Å². The molecular formula is C12H28N2O. The van der Waals surface area contributed by atoms with Gasteiger partial charge in [0.2, 0.25) is 0 Å². The molecule has 0 atom stereocenters. The predicted molar refractivity (Wildman–Crippen MR) is 66.3 cm³/mol. The molecular weight excluding hydrogens is 188 g/mol. The van der Waals surface area contributed by atoms with Gasteiger partial charge in [-0.1, -0.05) is 13.8 Å². The van der Waals surface area contributed by atoms with Gasteiger partial charge in [0.15, 0.2) is 0 Å². The molecule has 0 aromatic rings. The summed E-state index contributed by atoms with van der Waals surface area (Å²) in [7, 11) is 4.13. The molecule has 0 saturated carbocycles. The van der Waals surface area contributed by atoms with Gasteiger partial charge in [0, 0.05) is 13.1 Å². The molecule has 0 fully saturated rings. The fourth-order valence-corrected chi connectivity index (χ4v) is 1.25. The van der Waals surface area contributed by atoms with Crippen molar-refractivity contribution in [2.45, 2.75) is 26.7 Å². The second kappa shape index (κ2) is 10.4. The van der Waals surface area contributed by atoms with Gasteiger partial charge in [-0.3, -0.25) is 0 Å². The highest BCUT2D eigenvalue weighted by molar-refractivity contribution is 4.50. The van der Waals surface area contributed by atoms with Crippen LogP contribution >= 0.6 is 0 Å². The van der Waals surface area contributed by atoms with Crippen LogP contribution in [0.5, 0.6) is 0 Å². The van der Waals surface area contributed by atoms with E-state index in [0.717, 1.165) is 38.8 Å². The Morgan fingerprint density at radius 2 is 1.87 bits per heavy atom. The SMILES string of the molecule is CC(C)CCCNCCOCCN(C)C. The first-order valence-electron chi connectivity index (χ1n) is 6.06. The minimum Gasteiger partial charge on any atom is -0.379 e.